The fourth-order valence-corrected chi connectivity index (χ4v) is 4.57. The molecule has 1 saturated heterocycles. The minimum absolute atomic E-state index is 0.0260. The van der Waals surface area contributed by atoms with Gasteiger partial charge in [-0.05, 0) is 64.2 Å². The van der Waals surface area contributed by atoms with E-state index < -0.39 is 54.0 Å². The monoisotopic (exact) mass is 572 g/mol. The van der Waals surface area contributed by atoms with Gasteiger partial charge >= 0.3 is 6.16 Å². The molecule has 0 saturated carbocycles. The molecule has 41 heavy (non-hydrogen) atoms. The van der Waals surface area contributed by atoms with Gasteiger partial charge in [0.15, 0.2) is 12.4 Å². The molecule has 0 aliphatic carbocycles. The number of carbonyl (C=O) groups is 5. The first-order valence-electron chi connectivity index (χ1n) is 13.7. The van der Waals surface area contributed by atoms with E-state index in [9.17, 15) is 24.0 Å². The van der Waals surface area contributed by atoms with Crippen LogP contribution >= 0.6 is 0 Å². The van der Waals surface area contributed by atoms with Crippen molar-refractivity contribution in [2.24, 2.45) is 11.8 Å². The molecule has 0 unspecified atom stereocenters. The summed E-state index contributed by atoms with van der Waals surface area (Å²) in [5, 5.41) is 8.90. The summed E-state index contributed by atoms with van der Waals surface area (Å²) in [6, 6.07) is 4.93. The van der Waals surface area contributed by atoms with Crippen molar-refractivity contribution in [3.8, 4) is 5.75 Å². The SMILES string of the molecule is COc1cccc2[nH]c(C(=O)N[C@@H](CC(C)C)C(=O)N[C@@H](C[C@@H]3CCNC3=O)C(=O)COC(=O)OC(C)(C)C)cc12. The standard InChI is InChI=1S/C29H40N4O8/c1-16(2)12-21(33-27(37)22-14-18-19(31-22)8-7-9-24(18)39-6)26(36)32-20(13-17-10-11-30-25(17)35)23(34)15-40-28(38)41-29(3,4)5/h7-9,14,16-17,20-21,31H,10-13,15H2,1-6H3,(H,30,35)(H,32,36)(H,33,37)/t17-,20-,21-/m0/s1. The number of hydrogen-bond donors (Lipinski definition) is 4. The molecule has 4 N–H and O–H groups in total. The number of methoxy groups -OCH3 is 1. The summed E-state index contributed by atoms with van der Waals surface area (Å²) in [5.41, 5.74) is 0.130. The summed E-state index contributed by atoms with van der Waals surface area (Å²) in [6.45, 7) is 8.61. The van der Waals surface area contributed by atoms with Crippen LogP contribution in [-0.4, -0.2) is 72.6 Å². The van der Waals surface area contributed by atoms with Crippen molar-refractivity contribution in [2.45, 2.75) is 71.6 Å². The molecule has 12 nitrogen and oxygen atoms in total. The van der Waals surface area contributed by atoms with Crippen LogP contribution in [0.4, 0.5) is 4.79 Å². The molecular weight excluding hydrogens is 532 g/mol. The molecule has 0 radical (unpaired) electrons. The number of aromatic amines is 1. The minimum atomic E-state index is -1.12. The number of fused-ring (bicyclic) bond motifs is 1. The predicted molar refractivity (Wildman–Crippen MR) is 150 cm³/mol. The summed E-state index contributed by atoms with van der Waals surface area (Å²) in [7, 11) is 1.54. The molecule has 2 aromatic rings. The Morgan fingerprint density at radius 1 is 1.10 bits per heavy atom. The smallest absolute Gasteiger partial charge is 0.496 e. The van der Waals surface area contributed by atoms with Crippen LogP contribution in [0.2, 0.25) is 0 Å². The highest BCUT2D eigenvalue weighted by molar-refractivity contribution is 6.02. The zero-order chi connectivity index (χ0) is 30.3. The van der Waals surface area contributed by atoms with Crippen molar-refractivity contribution in [2.75, 3.05) is 20.3 Å². The first-order chi connectivity index (χ1) is 19.3. The molecule has 1 fully saturated rings. The van der Waals surface area contributed by atoms with Crippen LogP contribution in [0.5, 0.6) is 5.75 Å². The lowest BCUT2D eigenvalue weighted by atomic mass is 9.95. The first kappa shape index (κ1) is 31.4. The summed E-state index contributed by atoms with van der Waals surface area (Å²) < 4.78 is 15.4. The Balaban J connectivity index is 1.75. The lowest BCUT2D eigenvalue weighted by Crippen LogP contribution is -2.53. The van der Waals surface area contributed by atoms with Gasteiger partial charge in [-0.2, -0.15) is 0 Å². The number of aromatic nitrogens is 1. The van der Waals surface area contributed by atoms with Gasteiger partial charge in [-0.3, -0.25) is 19.2 Å². The molecule has 3 amide bonds. The van der Waals surface area contributed by atoms with Crippen molar-refractivity contribution in [1.29, 1.82) is 0 Å². The lowest BCUT2D eigenvalue weighted by molar-refractivity contribution is -0.132. The van der Waals surface area contributed by atoms with E-state index in [0.717, 1.165) is 5.39 Å². The van der Waals surface area contributed by atoms with Gasteiger partial charge < -0.3 is 35.1 Å². The molecule has 224 valence electrons. The Morgan fingerprint density at radius 3 is 2.44 bits per heavy atom. The maximum Gasteiger partial charge on any atom is 0.509 e. The zero-order valence-electron chi connectivity index (χ0n) is 24.4. The molecular formula is C29H40N4O8. The number of Topliss-reactive ketones (excluding diaryl/α,β-unsaturated/α-hetero) is 1. The van der Waals surface area contributed by atoms with E-state index in [0.29, 0.717) is 30.7 Å². The number of nitrogens with one attached hydrogen (secondary N) is 4. The maximum absolute atomic E-state index is 13.5. The van der Waals surface area contributed by atoms with Gasteiger partial charge in [0.2, 0.25) is 11.8 Å². The fourth-order valence-electron chi connectivity index (χ4n) is 4.57. The Hall–Kier alpha value is -4.09. The number of hydrogen-bond acceptors (Lipinski definition) is 8. The Labute approximate surface area is 239 Å². The number of carbonyl (C=O) groups excluding carboxylic acids is 5. The van der Waals surface area contributed by atoms with Crippen molar-refractivity contribution in [3.05, 3.63) is 30.0 Å². The summed E-state index contributed by atoms with van der Waals surface area (Å²) in [4.78, 5) is 67.0. The van der Waals surface area contributed by atoms with Crippen molar-refractivity contribution in [3.63, 3.8) is 0 Å². The zero-order valence-corrected chi connectivity index (χ0v) is 24.4. The normalized spacial score (nSPS) is 16.6. The molecule has 3 rings (SSSR count). The van der Waals surface area contributed by atoms with E-state index in [2.05, 4.69) is 20.9 Å². The summed E-state index contributed by atoms with van der Waals surface area (Å²) in [6.07, 6.45) is -0.200. The molecule has 0 bridgehead atoms. The van der Waals surface area contributed by atoms with Crippen molar-refractivity contribution >= 4 is 40.6 Å². The third kappa shape index (κ3) is 8.95. The number of H-pyrrole nitrogens is 1. The topological polar surface area (TPSA) is 165 Å². The molecule has 1 aliphatic heterocycles. The predicted octanol–water partition coefficient (Wildman–Crippen LogP) is 2.85. The van der Waals surface area contributed by atoms with Gasteiger partial charge in [-0.25, -0.2) is 4.79 Å². The van der Waals surface area contributed by atoms with Gasteiger partial charge in [0, 0.05) is 23.4 Å². The van der Waals surface area contributed by atoms with Crippen molar-refractivity contribution in [1.82, 2.24) is 20.9 Å². The third-order valence-corrected chi connectivity index (χ3v) is 6.53. The Bertz CT molecular complexity index is 1280. The van der Waals surface area contributed by atoms with Crippen LogP contribution in [0.1, 0.15) is 64.4 Å². The third-order valence-electron chi connectivity index (χ3n) is 6.53. The van der Waals surface area contributed by atoms with Gasteiger partial charge in [0.05, 0.1) is 13.2 Å². The highest BCUT2D eigenvalue weighted by Gasteiger charge is 2.34. The molecule has 1 aliphatic rings. The van der Waals surface area contributed by atoms with Gasteiger partial charge in [0.25, 0.3) is 5.91 Å². The molecule has 1 aromatic heterocycles. The van der Waals surface area contributed by atoms with Gasteiger partial charge in [-0.1, -0.05) is 19.9 Å². The molecule has 3 atom stereocenters. The summed E-state index contributed by atoms with van der Waals surface area (Å²) >= 11 is 0. The molecule has 0 spiro atoms. The van der Waals surface area contributed by atoms with Crippen LogP contribution < -0.4 is 20.7 Å². The number of rotatable bonds is 12. The van der Waals surface area contributed by atoms with Crippen LogP contribution in [0.15, 0.2) is 24.3 Å². The van der Waals surface area contributed by atoms with Crippen LogP contribution in [0.25, 0.3) is 10.9 Å². The lowest BCUT2D eigenvalue weighted by Gasteiger charge is -2.25. The minimum Gasteiger partial charge on any atom is -0.496 e. The average Bonchev–Trinajstić information content (AvgIpc) is 3.51. The first-order valence-corrected chi connectivity index (χ1v) is 13.7. The van der Waals surface area contributed by atoms with E-state index in [-0.39, 0.29) is 23.9 Å². The average molecular weight is 573 g/mol. The number of benzene rings is 1. The second-order valence-corrected chi connectivity index (χ2v) is 11.6. The number of ketones is 1. The van der Waals surface area contributed by atoms with Crippen molar-refractivity contribution < 1.29 is 38.2 Å². The quantitative estimate of drug-likeness (QED) is 0.282. The van der Waals surface area contributed by atoms with Gasteiger partial charge in [0.1, 0.15) is 23.1 Å². The van der Waals surface area contributed by atoms with Gasteiger partial charge in [-0.15, -0.1) is 0 Å². The van der Waals surface area contributed by atoms with E-state index >= 15 is 0 Å². The van der Waals surface area contributed by atoms with E-state index in [4.69, 9.17) is 14.2 Å². The molecule has 12 heteroatoms. The second kappa shape index (κ2) is 13.5. The van der Waals surface area contributed by atoms with Crippen LogP contribution in [0, 0.1) is 11.8 Å². The Kier molecular flexibility index (Phi) is 10.4. The molecule has 1 aromatic carbocycles. The van der Waals surface area contributed by atoms with E-state index in [1.807, 2.05) is 19.9 Å². The highest BCUT2D eigenvalue weighted by atomic mass is 16.7. The second-order valence-electron chi connectivity index (χ2n) is 11.6. The van der Waals surface area contributed by atoms with Crippen LogP contribution in [0.3, 0.4) is 0 Å². The Morgan fingerprint density at radius 2 is 1.83 bits per heavy atom. The maximum atomic E-state index is 13.5. The number of amides is 3. The van der Waals surface area contributed by atoms with E-state index in [1.165, 1.54) is 7.11 Å². The number of ether oxygens (including phenoxy) is 3. The highest BCUT2D eigenvalue weighted by Crippen LogP contribution is 2.26. The largest absolute Gasteiger partial charge is 0.509 e. The van der Waals surface area contributed by atoms with Crippen LogP contribution in [-0.2, 0) is 23.9 Å². The molecule has 2 heterocycles. The summed E-state index contributed by atoms with van der Waals surface area (Å²) in [5.74, 6) is -1.78. The van der Waals surface area contributed by atoms with E-state index in [1.54, 1.807) is 39.0 Å². The fraction of sp³-hybridized carbons (Fsp3) is 0.552.